The van der Waals surface area contributed by atoms with Crippen LogP contribution in [0.2, 0.25) is 0 Å². The molecule has 0 amide bonds. The lowest BCUT2D eigenvalue weighted by atomic mass is 9.89. The van der Waals surface area contributed by atoms with Crippen LogP contribution in [0, 0.1) is 0 Å². The van der Waals surface area contributed by atoms with E-state index in [-0.39, 0.29) is 11.4 Å². The third kappa shape index (κ3) is 3.16. The van der Waals surface area contributed by atoms with Gasteiger partial charge >= 0.3 is 0 Å². The van der Waals surface area contributed by atoms with Crippen LogP contribution in [-0.4, -0.2) is 35.9 Å². The van der Waals surface area contributed by atoms with Gasteiger partial charge in [0.2, 0.25) is 0 Å². The number of Topliss-reactive ketones (excluding diaryl/α,β-unsaturated/α-hetero) is 1. The van der Waals surface area contributed by atoms with Crippen molar-refractivity contribution in [2.45, 2.75) is 39.2 Å². The summed E-state index contributed by atoms with van der Waals surface area (Å²) in [5.41, 5.74) is 0.358. The second-order valence-electron chi connectivity index (χ2n) is 5.42. The molecule has 0 radical (unpaired) electrons. The minimum atomic E-state index is -0.367. The fraction of sp³-hybridized carbons (Fsp3) is 0.562. The van der Waals surface area contributed by atoms with E-state index < -0.39 is 0 Å². The second kappa shape index (κ2) is 5.74. The molecular weight excluding hydrogens is 238 g/mol. The highest BCUT2D eigenvalue weighted by molar-refractivity contribution is 6.00. The highest BCUT2D eigenvalue weighted by Crippen LogP contribution is 2.34. The topological polar surface area (TPSA) is 29.5 Å². The highest BCUT2D eigenvalue weighted by Gasteiger charge is 2.36. The van der Waals surface area contributed by atoms with Crippen LogP contribution in [0.25, 0.3) is 0 Å². The number of para-hydroxylation sites is 1. The number of carbonyl (C=O) groups is 1. The van der Waals surface area contributed by atoms with Gasteiger partial charge in [0.1, 0.15) is 11.4 Å². The summed E-state index contributed by atoms with van der Waals surface area (Å²) in [6.45, 7) is 9.42. The molecule has 3 heteroatoms. The summed E-state index contributed by atoms with van der Waals surface area (Å²) in [5.74, 6) is 0.935. The fourth-order valence-electron chi connectivity index (χ4n) is 2.60. The molecule has 0 fully saturated rings. The molecule has 0 N–H and O–H groups in total. The van der Waals surface area contributed by atoms with Crippen molar-refractivity contribution in [3.8, 4) is 5.75 Å². The van der Waals surface area contributed by atoms with Gasteiger partial charge in [-0.2, -0.15) is 0 Å². The number of carbonyl (C=O) groups excluding carboxylic acids is 1. The van der Waals surface area contributed by atoms with Gasteiger partial charge < -0.3 is 9.64 Å². The maximum absolute atomic E-state index is 12.2. The van der Waals surface area contributed by atoms with Gasteiger partial charge in [-0.1, -0.05) is 26.0 Å². The Kier molecular flexibility index (Phi) is 4.25. The van der Waals surface area contributed by atoms with Crippen molar-refractivity contribution in [1.82, 2.24) is 4.90 Å². The summed E-state index contributed by atoms with van der Waals surface area (Å²) >= 11 is 0. The zero-order valence-electron chi connectivity index (χ0n) is 12.1. The van der Waals surface area contributed by atoms with E-state index in [0.29, 0.717) is 6.42 Å². The van der Waals surface area contributed by atoms with Crippen LogP contribution in [0.4, 0.5) is 0 Å². The molecule has 1 unspecified atom stereocenters. The lowest BCUT2D eigenvalue weighted by Crippen LogP contribution is -2.42. The first-order valence-corrected chi connectivity index (χ1v) is 7.11. The second-order valence-corrected chi connectivity index (χ2v) is 5.42. The first kappa shape index (κ1) is 14.1. The Morgan fingerprint density at radius 3 is 2.63 bits per heavy atom. The Morgan fingerprint density at radius 2 is 1.95 bits per heavy atom. The predicted molar refractivity (Wildman–Crippen MR) is 76.8 cm³/mol. The van der Waals surface area contributed by atoms with E-state index in [9.17, 15) is 4.79 Å². The van der Waals surface area contributed by atoms with Crippen LogP contribution in [0.15, 0.2) is 24.3 Å². The molecule has 0 spiro atoms. The average Bonchev–Trinajstić information content (AvgIpc) is 2.39. The van der Waals surface area contributed by atoms with Gasteiger partial charge in [0.25, 0.3) is 0 Å². The smallest absolute Gasteiger partial charge is 0.170 e. The molecule has 1 atom stereocenters. The average molecular weight is 261 g/mol. The standard InChI is InChI=1S/C16H23NO2/c1-4-17(5-2)11-10-16(3)12-14(18)13-8-6-7-9-15(13)19-16/h6-9H,4-5,10-12H2,1-3H3. The van der Waals surface area contributed by atoms with Crippen molar-refractivity contribution in [2.75, 3.05) is 19.6 Å². The van der Waals surface area contributed by atoms with E-state index in [1.807, 2.05) is 31.2 Å². The van der Waals surface area contributed by atoms with Gasteiger partial charge in [0, 0.05) is 6.54 Å². The molecule has 1 aromatic rings. The molecule has 1 aliphatic rings. The molecular formula is C16H23NO2. The molecule has 0 aromatic heterocycles. The van der Waals surface area contributed by atoms with Gasteiger partial charge in [-0.15, -0.1) is 0 Å². The highest BCUT2D eigenvalue weighted by atomic mass is 16.5. The van der Waals surface area contributed by atoms with Gasteiger partial charge in [0.15, 0.2) is 5.78 Å². The minimum absolute atomic E-state index is 0.198. The van der Waals surface area contributed by atoms with E-state index in [2.05, 4.69) is 18.7 Å². The summed E-state index contributed by atoms with van der Waals surface area (Å²) in [5, 5.41) is 0. The molecule has 1 aromatic carbocycles. The van der Waals surface area contributed by atoms with Crippen molar-refractivity contribution in [2.24, 2.45) is 0 Å². The molecule has 0 aliphatic carbocycles. The van der Waals surface area contributed by atoms with Crippen LogP contribution in [0.1, 0.15) is 44.0 Å². The number of fused-ring (bicyclic) bond motifs is 1. The van der Waals surface area contributed by atoms with E-state index in [1.54, 1.807) is 0 Å². The predicted octanol–water partition coefficient (Wildman–Crippen LogP) is 3.14. The van der Waals surface area contributed by atoms with Crippen molar-refractivity contribution >= 4 is 5.78 Å². The number of nitrogens with zero attached hydrogens (tertiary/aromatic N) is 1. The van der Waals surface area contributed by atoms with Crippen LogP contribution in [0.3, 0.4) is 0 Å². The lowest BCUT2D eigenvalue weighted by molar-refractivity contribution is 0.0404. The van der Waals surface area contributed by atoms with E-state index >= 15 is 0 Å². The summed E-state index contributed by atoms with van der Waals surface area (Å²) < 4.78 is 6.08. The first-order chi connectivity index (χ1) is 9.08. The Hall–Kier alpha value is -1.35. The van der Waals surface area contributed by atoms with Crippen LogP contribution < -0.4 is 4.74 Å². The molecule has 0 saturated heterocycles. The molecule has 1 heterocycles. The van der Waals surface area contributed by atoms with E-state index in [4.69, 9.17) is 4.74 Å². The molecule has 1 aliphatic heterocycles. The molecule has 19 heavy (non-hydrogen) atoms. The van der Waals surface area contributed by atoms with Gasteiger partial charge in [0.05, 0.1) is 12.0 Å². The van der Waals surface area contributed by atoms with E-state index in [1.165, 1.54) is 0 Å². The van der Waals surface area contributed by atoms with Crippen molar-refractivity contribution < 1.29 is 9.53 Å². The van der Waals surface area contributed by atoms with Crippen LogP contribution in [-0.2, 0) is 0 Å². The number of ketones is 1. The summed E-state index contributed by atoms with van der Waals surface area (Å²) in [6, 6.07) is 7.55. The monoisotopic (exact) mass is 261 g/mol. The third-order valence-corrected chi connectivity index (χ3v) is 3.93. The van der Waals surface area contributed by atoms with Gasteiger partial charge in [-0.3, -0.25) is 4.79 Å². The van der Waals surface area contributed by atoms with Crippen molar-refractivity contribution in [3.05, 3.63) is 29.8 Å². The van der Waals surface area contributed by atoms with Gasteiger partial charge in [-0.05, 0) is 38.6 Å². The summed E-state index contributed by atoms with van der Waals surface area (Å²) in [4.78, 5) is 14.6. The maximum atomic E-state index is 12.2. The summed E-state index contributed by atoms with van der Waals surface area (Å²) in [6.07, 6.45) is 1.36. The van der Waals surface area contributed by atoms with E-state index in [0.717, 1.165) is 37.4 Å². The lowest BCUT2D eigenvalue weighted by Gasteiger charge is -2.36. The zero-order chi connectivity index (χ0) is 13.9. The first-order valence-electron chi connectivity index (χ1n) is 7.11. The maximum Gasteiger partial charge on any atom is 0.170 e. The fourth-order valence-corrected chi connectivity index (χ4v) is 2.60. The van der Waals surface area contributed by atoms with Crippen molar-refractivity contribution in [3.63, 3.8) is 0 Å². The van der Waals surface area contributed by atoms with Crippen molar-refractivity contribution in [1.29, 1.82) is 0 Å². The third-order valence-electron chi connectivity index (χ3n) is 3.93. The number of rotatable bonds is 5. The number of hydrogen-bond donors (Lipinski definition) is 0. The molecule has 104 valence electrons. The quantitative estimate of drug-likeness (QED) is 0.815. The molecule has 3 nitrogen and oxygen atoms in total. The molecule has 2 rings (SSSR count). The Morgan fingerprint density at radius 1 is 1.26 bits per heavy atom. The number of benzene rings is 1. The van der Waals surface area contributed by atoms with Crippen LogP contribution in [0.5, 0.6) is 5.75 Å². The Bertz CT molecular complexity index is 454. The molecule has 0 bridgehead atoms. The Labute approximate surface area is 115 Å². The zero-order valence-corrected chi connectivity index (χ0v) is 12.1. The largest absolute Gasteiger partial charge is 0.486 e. The van der Waals surface area contributed by atoms with Crippen LogP contribution >= 0.6 is 0 Å². The SMILES string of the molecule is CCN(CC)CCC1(C)CC(=O)c2ccccc2O1. The van der Waals surface area contributed by atoms with Gasteiger partial charge in [-0.25, -0.2) is 0 Å². The molecule has 0 saturated carbocycles. The Balaban J connectivity index is 2.08. The number of ether oxygens (including phenoxy) is 1. The normalized spacial score (nSPS) is 22.2. The summed E-state index contributed by atoms with van der Waals surface area (Å²) in [7, 11) is 0. The number of hydrogen-bond acceptors (Lipinski definition) is 3. The minimum Gasteiger partial charge on any atom is -0.486 e.